The number of thiophene rings is 1. The van der Waals surface area contributed by atoms with Crippen LogP contribution in [-0.4, -0.2) is 11.0 Å². The molecule has 19 heavy (non-hydrogen) atoms. The van der Waals surface area contributed by atoms with Gasteiger partial charge in [0, 0.05) is 5.56 Å². The quantitative estimate of drug-likeness (QED) is 0.777. The average Bonchev–Trinajstić information content (AvgIpc) is 3.02. The van der Waals surface area contributed by atoms with Crippen molar-refractivity contribution in [2.45, 2.75) is 6.92 Å². The first kappa shape index (κ1) is 12.4. The first-order valence-electron chi connectivity index (χ1n) is 5.84. The van der Waals surface area contributed by atoms with Gasteiger partial charge in [-0.25, -0.2) is 4.99 Å². The topological polar surface area (TPSA) is 29.4 Å². The van der Waals surface area contributed by atoms with E-state index in [0.717, 1.165) is 16.2 Å². The van der Waals surface area contributed by atoms with Crippen LogP contribution in [0.3, 0.4) is 0 Å². The van der Waals surface area contributed by atoms with Crippen molar-refractivity contribution < 1.29 is 4.79 Å². The van der Waals surface area contributed by atoms with Crippen molar-refractivity contribution in [1.82, 2.24) is 0 Å². The van der Waals surface area contributed by atoms with Gasteiger partial charge in [-0.05, 0) is 35.4 Å². The van der Waals surface area contributed by atoms with E-state index in [1.165, 1.54) is 17.3 Å². The SMILES string of the molecule is Cc1ccc(C2=NC(=O)/C(=C/c3ccsc3)S2)cc1. The Morgan fingerprint density at radius 1 is 1.16 bits per heavy atom. The molecule has 0 atom stereocenters. The Kier molecular flexibility index (Phi) is 3.36. The predicted octanol–water partition coefficient (Wildman–Crippen LogP) is 4.12. The third-order valence-electron chi connectivity index (χ3n) is 2.76. The van der Waals surface area contributed by atoms with Crippen LogP contribution < -0.4 is 0 Å². The molecule has 1 aliphatic heterocycles. The number of hydrogen-bond acceptors (Lipinski definition) is 3. The maximum absolute atomic E-state index is 11.9. The summed E-state index contributed by atoms with van der Waals surface area (Å²) < 4.78 is 0. The van der Waals surface area contributed by atoms with Crippen LogP contribution in [0.25, 0.3) is 6.08 Å². The second-order valence-electron chi connectivity index (χ2n) is 4.26. The fourth-order valence-electron chi connectivity index (χ4n) is 1.74. The number of thioether (sulfide) groups is 1. The van der Waals surface area contributed by atoms with E-state index >= 15 is 0 Å². The molecule has 1 amide bonds. The van der Waals surface area contributed by atoms with Crippen molar-refractivity contribution in [2.24, 2.45) is 4.99 Å². The van der Waals surface area contributed by atoms with Crippen molar-refractivity contribution in [3.05, 3.63) is 62.7 Å². The van der Waals surface area contributed by atoms with Crippen LogP contribution in [0.5, 0.6) is 0 Å². The number of carbonyl (C=O) groups excluding carboxylic acids is 1. The van der Waals surface area contributed by atoms with Gasteiger partial charge in [-0.1, -0.05) is 41.6 Å². The van der Waals surface area contributed by atoms with Crippen LogP contribution in [-0.2, 0) is 4.79 Å². The van der Waals surface area contributed by atoms with Crippen LogP contribution in [0.1, 0.15) is 16.7 Å². The number of rotatable bonds is 2. The molecule has 2 nitrogen and oxygen atoms in total. The largest absolute Gasteiger partial charge is 0.284 e. The smallest absolute Gasteiger partial charge is 0.266 e. The van der Waals surface area contributed by atoms with Gasteiger partial charge in [0.15, 0.2) is 0 Å². The minimum atomic E-state index is -0.147. The summed E-state index contributed by atoms with van der Waals surface area (Å²) in [6, 6.07) is 10.1. The molecule has 1 aromatic carbocycles. The molecule has 0 saturated carbocycles. The van der Waals surface area contributed by atoms with Crippen molar-refractivity contribution in [2.75, 3.05) is 0 Å². The van der Waals surface area contributed by atoms with Crippen LogP contribution in [0.15, 0.2) is 51.0 Å². The number of carbonyl (C=O) groups is 1. The lowest BCUT2D eigenvalue weighted by molar-refractivity contribution is -0.113. The van der Waals surface area contributed by atoms with Crippen molar-refractivity contribution in [1.29, 1.82) is 0 Å². The summed E-state index contributed by atoms with van der Waals surface area (Å²) in [6.45, 7) is 2.04. The Balaban J connectivity index is 1.86. The van der Waals surface area contributed by atoms with Gasteiger partial charge in [-0.2, -0.15) is 11.3 Å². The molecule has 0 unspecified atom stereocenters. The second kappa shape index (κ2) is 5.15. The highest BCUT2D eigenvalue weighted by atomic mass is 32.2. The van der Waals surface area contributed by atoms with E-state index in [9.17, 15) is 4.79 Å². The van der Waals surface area contributed by atoms with Gasteiger partial charge in [-0.15, -0.1) is 0 Å². The Morgan fingerprint density at radius 2 is 1.95 bits per heavy atom. The number of aliphatic imine (C=N–C) groups is 1. The van der Waals surface area contributed by atoms with E-state index in [4.69, 9.17) is 0 Å². The molecule has 0 radical (unpaired) electrons. The number of amides is 1. The lowest BCUT2D eigenvalue weighted by Gasteiger charge is -1.99. The minimum absolute atomic E-state index is 0.147. The van der Waals surface area contributed by atoms with E-state index in [1.807, 2.05) is 54.1 Å². The summed E-state index contributed by atoms with van der Waals surface area (Å²) in [6.07, 6.45) is 1.90. The number of benzene rings is 1. The first-order valence-corrected chi connectivity index (χ1v) is 7.60. The van der Waals surface area contributed by atoms with Crippen molar-refractivity contribution in [3.63, 3.8) is 0 Å². The summed E-state index contributed by atoms with van der Waals surface area (Å²) in [5.41, 5.74) is 3.26. The van der Waals surface area contributed by atoms with Gasteiger partial charge < -0.3 is 0 Å². The van der Waals surface area contributed by atoms with E-state index in [0.29, 0.717) is 4.91 Å². The Bertz CT molecular complexity index is 667. The highest BCUT2D eigenvalue weighted by Gasteiger charge is 2.22. The van der Waals surface area contributed by atoms with Gasteiger partial charge in [0.1, 0.15) is 5.04 Å². The standard InChI is InChI=1S/C15H11NOS2/c1-10-2-4-12(5-3-10)15-16-14(17)13(19-15)8-11-6-7-18-9-11/h2-9H,1H3/b13-8-. The van der Waals surface area contributed by atoms with Crippen molar-refractivity contribution in [3.8, 4) is 0 Å². The molecule has 0 bridgehead atoms. The van der Waals surface area contributed by atoms with E-state index in [2.05, 4.69) is 4.99 Å². The highest BCUT2D eigenvalue weighted by Crippen LogP contribution is 2.32. The maximum atomic E-state index is 11.9. The Morgan fingerprint density at radius 3 is 2.63 bits per heavy atom. The summed E-state index contributed by atoms with van der Waals surface area (Å²) in [5, 5.41) is 4.80. The zero-order chi connectivity index (χ0) is 13.2. The lowest BCUT2D eigenvalue weighted by Crippen LogP contribution is -1.90. The fraction of sp³-hybridized carbons (Fsp3) is 0.0667. The molecule has 3 rings (SSSR count). The molecule has 0 aliphatic carbocycles. The molecule has 0 N–H and O–H groups in total. The highest BCUT2D eigenvalue weighted by molar-refractivity contribution is 8.19. The van der Waals surface area contributed by atoms with Crippen LogP contribution in [0, 0.1) is 6.92 Å². The number of aryl methyl sites for hydroxylation is 1. The predicted molar refractivity (Wildman–Crippen MR) is 82.6 cm³/mol. The van der Waals surface area contributed by atoms with Gasteiger partial charge in [0.2, 0.25) is 0 Å². The van der Waals surface area contributed by atoms with Gasteiger partial charge in [-0.3, -0.25) is 4.79 Å². The molecule has 1 aromatic heterocycles. The Labute approximate surface area is 119 Å². The first-order chi connectivity index (χ1) is 9.22. The number of nitrogens with zero attached hydrogens (tertiary/aromatic N) is 1. The third-order valence-corrected chi connectivity index (χ3v) is 4.49. The van der Waals surface area contributed by atoms with Gasteiger partial charge in [0.25, 0.3) is 5.91 Å². The maximum Gasteiger partial charge on any atom is 0.284 e. The van der Waals surface area contributed by atoms with Crippen LogP contribution in [0.2, 0.25) is 0 Å². The lowest BCUT2D eigenvalue weighted by atomic mass is 10.2. The molecular weight excluding hydrogens is 274 g/mol. The van der Waals surface area contributed by atoms with Crippen LogP contribution in [0.4, 0.5) is 0 Å². The van der Waals surface area contributed by atoms with Gasteiger partial charge >= 0.3 is 0 Å². The second-order valence-corrected chi connectivity index (χ2v) is 6.07. The molecule has 1 aliphatic rings. The number of hydrogen-bond donors (Lipinski definition) is 0. The van der Waals surface area contributed by atoms with E-state index < -0.39 is 0 Å². The molecule has 0 spiro atoms. The zero-order valence-corrected chi connectivity index (χ0v) is 11.9. The van der Waals surface area contributed by atoms with E-state index in [1.54, 1.807) is 11.3 Å². The fourth-order valence-corrected chi connectivity index (χ4v) is 3.27. The summed E-state index contributed by atoms with van der Waals surface area (Å²) in [4.78, 5) is 16.7. The molecule has 0 fully saturated rings. The molecule has 4 heteroatoms. The molecule has 94 valence electrons. The molecular formula is C15H11NOS2. The summed E-state index contributed by atoms with van der Waals surface area (Å²) in [7, 11) is 0. The third kappa shape index (κ3) is 2.69. The normalized spacial score (nSPS) is 17.0. The molecule has 2 heterocycles. The van der Waals surface area contributed by atoms with Gasteiger partial charge in [0.05, 0.1) is 4.91 Å². The Hall–Kier alpha value is -1.65. The monoisotopic (exact) mass is 285 g/mol. The molecule has 2 aromatic rings. The van der Waals surface area contributed by atoms with Crippen LogP contribution >= 0.6 is 23.1 Å². The van der Waals surface area contributed by atoms with Crippen molar-refractivity contribution >= 4 is 40.1 Å². The molecule has 0 saturated heterocycles. The zero-order valence-electron chi connectivity index (χ0n) is 10.3. The average molecular weight is 285 g/mol. The summed E-state index contributed by atoms with van der Waals surface area (Å²) in [5.74, 6) is -0.147. The minimum Gasteiger partial charge on any atom is -0.266 e. The van der Waals surface area contributed by atoms with E-state index in [-0.39, 0.29) is 5.91 Å². The summed E-state index contributed by atoms with van der Waals surface area (Å²) >= 11 is 3.06.